The molecule has 0 saturated heterocycles. The van der Waals surface area contributed by atoms with Gasteiger partial charge in [0.1, 0.15) is 10.5 Å². The fourth-order valence-electron chi connectivity index (χ4n) is 5.36. The second kappa shape index (κ2) is 8.40. The predicted octanol–water partition coefficient (Wildman–Crippen LogP) is 5.06. The predicted molar refractivity (Wildman–Crippen MR) is 134 cm³/mol. The van der Waals surface area contributed by atoms with Gasteiger partial charge in [0.25, 0.3) is 11.1 Å². The zero-order valence-corrected chi connectivity index (χ0v) is 20.3. The minimum atomic E-state index is -0.0729. The van der Waals surface area contributed by atoms with Crippen molar-refractivity contribution in [1.29, 1.82) is 0 Å². The number of nitrogens with zero attached hydrogens (tertiary/aromatic N) is 4. The molecule has 8 heteroatoms. The molecule has 0 radical (unpaired) electrons. The molecule has 0 unspecified atom stereocenters. The first-order valence-corrected chi connectivity index (χ1v) is 13.6. The highest BCUT2D eigenvalue weighted by atomic mass is 32.2. The number of thiophene rings is 1. The third-order valence-electron chi connectivity index (χ3n) is 6.96. The van der Waals surface area contributed by atoms with Crippen molar-refractivity contribution < 1.29 is 0 Å². The van der Waals surface area contributed by atoms with E-state index in [2.05, 4.69) is 0 Å². The van der Waals surface area contributed by atoms with E-state index in [1.165, 1.54) is 28.6 Å². The third-order valence-corrected chi connectivity index (χ3v) is 9.13. The van der Waals surface area contributed by atoms with Crippen molar-refractivity contribution >= 4 is 39.0 Å². The van der Waals surface area contributed by atoms with Crippen molar-refractivity contribution in [3.8, 4) is 0 Å². The first-order valence-electron chi connectivity index (χ1n) is 11.8. The Balaban J connectivity index is 1.43. The highest BCUT2D eigenvalue weighted by Gasteiger charge is 2.27. The SMILES string of the molecule is Cc1cccc2nc(CSc3nc4sc5c(c4c(=O)n3C3CCCC3)CCCC5)cc(=O)n12. The molecule has 0 amide bonds. The standard InChI is InChI=1S/C25H26N4O2S2/c1-15-7-6-12-20-26-16(13-21(30)28(15)20)14-32-25-27-23-22(18-10-4-5-11-19(18)33-23)24(31)29(25)17-8-2-3-9-17/h6-7,12-13,17H,2-5,8-11,14H2,1H3. The molecule has 1 saturated carbocycles. The van der Waals surface area contributed by atoms with Gasteiger partial charge in [0.15, 0.2) is 5.16 Å². The molecule has 0 spiro atoms. The Morgan fingerprint density at radius 1 is 1.09 bits per heavy atom. The smallest absolute Gasteiger partial charge is 0.263 e. The van der Waals surface area contributed by atoms with Gasteiger partial charge in [-0.05, 0) is 63.1 Å². The van der Waals surface area contributed by atoms with E-state index in [1.54, 1.807) is 21.8 Å². The van der Waals surface area contributed by atoms with Crippen LogP contribution in [0.2, 0.25) is 0 Å². The van der Waals surface area contributed by atoms with Gasteiger partial charge in [0.2, 0.25) is 0 Å². The molecular formula is C25H26N4O2S2. The molecule has 4 aromatic rings. The Kier molecular flexibility index (Phi) is 5.37. The Labute approximate surface area is 199 Å². The number of aromatic nitrogens is 4. The monoisotopic (exact) mass is 478 g/mol. The minimum Gasteiger partial charge on any atom is -0.284 e. The quantitative estimate of drug-likeness (QED) is 0.303. The molecule has 4 heterocycles. The van der Waals surface area contributed by atoms with Crippen LogP contribution in [-0.2, 0) is 18.6 Å². The maximum absolute atomic E-state index is 13.8. The lowest BCUT2D eigenvalue weighted by Gasteiger charge is -2.18. The second-order valence-corrected chi connectivity index (χ2v) is 11.2. The third kappa shape index (κ3) is 3.64. The molecule has 0 N–H and O–H groups in total. The van der Waals surface area contributed by atoms with E-state index in [-0.39, 0.29) is 17.2 Å². The molecule has 0 atom stereocenters. The fraction of sp³-hybridized carbons (Fsp3) is 0.440. The van der Waals surface area contributed by atoms with Crippen molar-refractivity contribution in [1.82, 2.24) is 18.9 Å². The summed E-state index contributed by atoms with van der Waals surface area (Å²) in [6.45, 7) is 1.91. The van der Waals surface area contributed by atoms with Crippen LogP contribution < -0.4 is 11.1 Å². The van der Waals surface area contributed by atoms with Crippen LogP contribution in [0.5, 0.6) is 0 Å². The molecule has 33 heavy (non-hydrogen) atoms. The second-order valence-electron chi connectivity index (χ2n) is 9.13. The summed E-state index contributed by atoms with van der Waals surface area (Å²) in [4.78, 5) is 38.5. The van der Waals surface area contributed by atoms with Crippen LogP contribution >= 0.6 is 23.1 Å². The number of hydrogen-bond donors (Lipinski definition) is 0. The average molecular weight is 479 g/mol. The van der Waals surface area contributed by atoms with Crippen LogP contribution in [0.1, 0.15) is 66.4 Å². The molecule has 0 bridgehead atoms. The lowest BCUT2D eigenvalue weighted by molar-refractivity contribution is 0.457. The summed E-state index contributed by atoms with van der Waals surface area (Å²) in [5.41, 5.74) is 3.55. The van der Waals surface area contributed by atoms with Gasteiger partial charge in [-0.3, -0.25) is 18.6 Å². The number of fused-ring (bicyclic) bond motifs is 4. The van der Waals surface area contributed by atoms with Crippen LogP contribution in [-0.4, -0.2) is 18.9 Å². The Morgan fingerprint density at radius 3 is 2.76 bits per heavy atom. The maximum atomic E-state index is 13.8. The van der Waals surface area contributed by atoms with Gasteiger partial charge >= 0.3 is 0 Å². The highest BCUT2D eigenvalue weighted by Crippen LogP contribution is 2.37. The Morgan fingerprint density at radius 2 is 1.91 bits per heavy atom. The molecule has 170 valence electrons. The Bertz CT molecular complexity index is 1490. The van der Waals surface area contributed by atoms with Crippen molar-refractivity contribution in [2.24, 2.45) is 0 Å². The van der Waals surface area contributed by atoms with Crippen molar-refractivity contribution in [3.63, 3.8) is 0 Å². The molecule has 0 aromatic carbocycles. The molecule has 2 aliphatic rings. The van der Waals surface area contributed by atoms with Crippen LogP contribution in [0.4, 0.5) is 0 Å². The number of thioether (sulfide) groups is 1. The number of aryl methyl sites for hydroxylation is 3. The molecule has 6 rings (SSSR count). The molecule has 1 fully saturated rings. The van der Waals surface area contributed by atoms with Crippen molar-refractivity contribution in [2.45, 2.75) is 75.2 Å². The molecule has 2 aliphatic carbocycles. The first kappa shape index (κ1) is 21.1. The molecular weight excluding hydrogens is 452 g/mol. The van der Waals surface area contributed by atoms with Gasteiger partial charge in [-0.1, -0.05) is 30.7 Å². The Hall–Kier alpha value is -2.45. The fourth-order valence-corrected chi connectivity index (χ4v) is 7.62. The first-order chi connectivity index (χ1) is 16.1. The van der Waals surface area contributed by atoms with Crippen LogP contribution in [0.15, 0.2) is 39.0 Å². The molecule has 0 aliphatic heterocycles. The summed E-state index contributed by atoms with van der Waals surface area (Å²) in [7, 11) is 0. The van der Waals surface area contributed by atoms with Crippen LogP contribution in [0, 0.1) is 6.92 Å². The largest absolute Gasteiger partial charge is 0.284 e. The summed E-state index contributed by atoms with van der Waals surface area (Å²) in [5, 5.41) is 1.63. The van der Waals surface area contributed by atoms with E-state index >= 15 is 0 Å². The van der Waals surface area contributed by atoms with Crippen LogP contribution in [0.25, 0.3) is 15.9 Å². The average Bonchev–Trinajstić information content (AvgIpc) is 3.45. The zero-order valence-electron chi connectivity index (χ0n) is 18.7. The lowest BCUT2D eigenvalue weighted by atomic mass is 9.97. The topological polar surface area (TPSA) is 69.3 Å². The summed E-state index contributed by atoms with van der Waals surface area (Å²) >= 11 is 3.23. The van der Waals surface area contributed by atoms with E-state index in [4.69, 9.17) is 9.97 Å². The number of rotatable bonds is 4. The highest BCUT2D eigenvalue weighted by molar-refractivity contribution is 7.98. The van der Waals surface area contributed by atoms with Gasteiger partial charge in [-0.2, -0.15) is 0 Å². The molecule has 6 nitrogen and oxygen atoms in total. The zero-order chi connectivity index (χ0) is 22.5. The minimum absolute atomic E-state index is 0.0729. The number of hydrogen-bond acceptors (Lipinski definition) is 6. The lowest BCUT2D eigenvalue weighted by Crippen LogP contribution is -2.26. The van der Waals surface area contributed by atoms with Gasteiger partial charge < -0.3 is 0 Å². The summed E-state index contributed by atoms with van der Waals surface area (Å²) in [5.74, 6) is 0.509. The van der Waals surface area contributed by atoms with E-state index in [0.29, 0.717) is 17.1 Å². The van der Waals surface area contributed by atoms with Gasteiger partial charge in [-0.25, -0.2) is 9.97 Å². The van der Waals surface area contributed by atoms with Gasteiger partial charge in [0, 0.05) is 28.4 Å². The van der Waals surface area contributed by atoms with E-state index < -0.39 is 0 Å². The summed E-state index contributed by atoms with van der Waals surface area (Å²) in [6, 6.07) is 7.50. The van der Waals surface area contributed by atoms with Crippen LogP contribution in [0.3, 0.4) is 0 Å². The van der Waals surface area contributed by atoms with Crippen molar-refractivity contribution in [2.75, 3.05) is 0 Å². The number of pyridine rings is 1. The van der Waals surface area contributed by atoms with Crippen molar-refractivity contribution in [3.05, 3.63) is 66.8 Å². The molecule has 4 aromatic heterocycles. The summed E-state index contributed by atoms with van der Waals surface area (Å²) in [6.07, 6.45) is 8.78. The van der Waals surface area contributed by atoms with Gasteiger partial charge in [-0.15, -0.1) is 11.3 Å². The van der Waals surface area contributed by atoms with E-state index in [0.717, 1.165) is 66.0 Å². The maximum Gasteiger partial charge on any atom is 0.263 e. The van der Waals surface area contributed by atoms with E-state index in [9.17, 15) is 9.59 Å². The van der Waals surface area contributed by atoms with Gasteiger partial charge in [0.05, 0.1) is 11.1 Å². The van der Waals surface area contributed by atoms with E-state index in [1.807, 2.05) is 29.7 Å². The summed E-state index contributed by atoms with van der Waals surface area (Å²) < 4.78 is 3.60. The normalized spacial score (nSPS) is 16.6.